The molecule has 4 nitrogen and oxygen atoms in total. The molecule has 1 rings (SSSR count). The van der Waals surface area contributed by atoms with Crippen LogP contribution in [0.5, 0.6) is 5.75 Å². The van der Waals surface area contributed by atoms with Crippen LogP contribution in [-0.4, -0.2) is 17.6 Å². The molecule has 0 bridgehead atoms. The maximum absolute atomic E-state index is 8.37. The van der Waals surface area contributed by atoms with Gasteiger partial charge in [-0.1, -0.05) is 21.1 Å². The molecule has 0 aliphatic heterocycles. The summed E-state index contributed by atoms with van der Waals surface area (Å²) in [6.07, 6.45) is 1.26. The van der Waals surface area contributed by atoms with E-state index in [-0.39, 0.29) is 5.84 Å². The number of oxime groups is 1. The number of nitrogens with zero attached hydrogens (tertiary/aromatic N) is 1. The standard InChI is InChI=1S/C12H17BrN2O2/c1-8-6-10(7-9(2)12(8)13)17-5-3-4-11(14)15-16/h6-7,16H,3-5H2,1-2H3,(H2,14,15). The molecule has 0 spiro atoms. The van der Waals surface area contributed by atoms with E-state index < -0.39 is 0 Å². The highest BCUT2D eigenvalue weighted by molar-refractivity contribution is 9.10. The normalized spacial score (nSPS) is 11.6. The van der Waals surface area contributed by atoms with Gasteiger partial charge in [0.2, 0.25) is 0 Å². The zero-order chi connectivity index (χ0) is 12.8. The monoisotopic (exact) mass is 300 g/mol. The van der Waals surface area contributed by atoms with Gasteiger partial charge >= 0.3 is 0 Å². The maximum Gasteiger partial charge on any atom is 0.139 e. The highest BCUT2D eigenvalue weighted by atomic mass is 79.9. The van der Waals surface area contributed by atoms with Crippen LogP contribution >= 0.6 is 15.9 Å². The predicted octanol–water partition coefficient (Wildman–Crippen LogP) is 2.97. The van der Waals surface area contributed by atoms with Crippen LogP contribution in [0.15, 0.2) is 21.8 Å². The summed E-state index contributed by atoms with van der Waals surface area (Å²) in [7, 11) is 0. The molecular weight excluding hydrogens is 284 g/mol. The first-order chi connectivity index (χ1) is 8.04. The van der Waals surface area contributed by atoms with E-state index in [2.05, 4.69) is 21.1 Å². The van der Waals surface area contributed by atoms with E-state index in [0.29, 0.717) is 13.0 Å². The van der Waals surface area contributed by atoms with Crippen LogP contribution in [-0.2, 0) is 0 Å². The first-order valence-corrected chi connectivity index (χ1v) is 6.20. The van der Waals surface area contributed by atoms with Gasteiger partial charge in [-0.05, 0) is 43.5 Å². The van der Waals surface area contributed by atoms with Crippen molar-refractivity contribution < 1.29 is 9.94 Å². The van der Waals surface area contributed by atoms with Crippen LogP contribution in [0.2, 0.25) is 0 Å². The molecule has 0 atom stereocenters. The number of halogens is 1. The summed E-state index contributed by atoms with van der Waals surface area (Å²) in [4.78, 5) is 0. The van der Waals surface area contributed by atoms with Crippen molar-refractivity contribution in [1.29, 1.82) is 0 Å². The summed E-state index contributed by atoms with van der Waals surface area (Å²) in [6.45, 7) is 4.61. The lowest BCUT2D eigenvalue weighted by Crippen LogP contribution is -2.12. The number of aryl methyl sites for hydroxylation is 2. The van der Waals surface area contributed by atoms with Gasteiger partial charge in [0, 0.05) is 10.9 Å². The SMILES string of the molecule is Cc1cc(OCCC/C(N)=N/O)cc(C)c1Br. The molecule has 0 aliphatic carbocycles. The van der Waals surface area contributed by atoms with Crippen molar-refractivity contribution >= 4 is 21.8 Å². The molecule has 0 unspecified atom stereocenters. The van der Waals surface area contributed by atoms with Gasteiger partial charge in [0.05, 0.1) is 6.61 Å². The first-order valence-electron chi connectivity index (χ1n) is 5.40. The average molecular weight is 301 g/mol. The van der Waals surface area contributed by atoms with Crippen LogP contribution < -0.4 is 10.5 Å². The van der Waals surface area contributed by atoms with Gasteiger partial charge in [-0.15, -0.1) is 0 Å². The largest absolute Gasteiger partial charge is 0.494 e. The van der Waals surface area contributed by atoms with Crippen LogP contribution in [0.25, 0.3) is 0 Å². The molecule has 0 fully saturated rings. The van der Waals surface area contributed by atoms with Crippen molar-refractivity contribution in [3.63, 3.8) is 0 Å². The Labute approximate surface area is 110 Å². The van der Waals surface area contributed by atoms with E-state index in [1.54, 1.807) is 0 Å². The summed E-state index contributed by atoms with van der Waals surface area (Å²) < 4.78 is 6.72. The number of ether oxygens (including phenoxy) is 1. The minimum Gasteiger partial charge on any atom is -0.494 e. The molecule has 0 aliphatic rings. The minimum atomic E-state index is 0.233. The van der Waals surface area contributed by atoms with Gasteiger partial charge in [0.15, 0.2) is 0 Å². The van der Waals surface area contributed by atoms with Gasteiger partial charge in [-0.2, -0.15) is 0 Å². The summed E-state index contributed by atoms with van der Waals surface area (Å²) in [5.41, 5.74) is 7.66. The molecule has 17 heavy (non-hydrogen) atoms. The Morgan fingerprint density at radius 1 is 1.41 bits per heavy atom. The third-order valence-electron chi connectivity index (χ3n) is 2.38. The summed E-state index contributed by atoms with van der Waals surface area (Å²) in [5.74, 6) is 1.08. The number of amidine groups is 1. The Bertz CT molecular complexity index is 396. The van der Waals surface area contributed by atoms with E-state index in [4.69, 9.17) is 15.7 Å². The van der Waals surface area contributed by atoms with Gasteiger partial charge in [0.1, 0.15) is 11.6 Å². The highest BCUT2D eigenvalue weighted by Crippen LogP contribution is 2.26. The average Bonchev–Trinajstić information content (AvgIpc) is 2.31. The molecule has 0 saturated carbocycles. The van der Waals surface area contributed by atoms with E-state index in [1.165, 1.54) is 0 Å². The van der Waals surface area contributed by atoms with E-state index in [1.807, 2.05) is 26.0 Å². The van der Waals surface area contributed by atoms with Gasteiger partial charge < -0.3 is 15.7 Å². The van der Waals surface area contributed by atoms with Crippen molar-refractivity contribution in [2.75, 3.05) is 6.61 Å². The molecule has 1 aromatic rings. The lowest BCUT2D eigenvalue weighted by Gasteiger charge is -2.09. The molecule has 1 aromatic carbocycles. The lowest BCUT2D eigenvalue weighted by molar-refractivity contribution is 0.305. The molecule has 3 N–H and O–H groups in total. The lowest BCUT2D eigenvalue weighted by atomic mass is 10.1. The number of nitrogens with two attached hydrogens (primary N) is 1. The zero-order valence-electron chi connectivity index (χ0n) is 10.0. The molecule has 0 amide bonds. The quantitative estimate of drug-likeness (QED) is 0.289. The van der Waals surface area contributed by atoms with Crippen molar-refractivity contribution in [2.24, 2.45) is 10.9 Å². The maximum atomic E-state index is 8.37. The second kappa shape index (κ2) is 6.49. The third kappa shape index (κ3) is 4.26. The molecule has 5 heteroatoms. The first kappa shape index (κ1) is 13.8. The van der Waals surface area contributed by atoms with Crippen LogP contribution in [0.1, 0.15) is 24.0 Å². The topological polar surface area (TPSA) is 67.8 Å². The minimum absolute atomic E-state index is 0.233. The Kier molecular flexibility index (Phi) is 5.28. The summed E-state index contributed by atoms with van der Waals surface area (Å²) in [6, 6.07) is 3.97. The van der Waals surface area contributed by atoms with Gasteiger partial charge in [-0.3, -0.25) is 0 Å². The number of hydrogen-bond acceptors (Lipinski definition) is 3. The number of benzene rings is 1. The van der Waals surface area contributed by atoms with Crippen molar-refractivity contribution in [3.8, 4) is 5.75 Å². The van der Waals surface area contributed by atoms with Gasteiger partial charge in [0.25, 0.3) is 0 Å². The Hall–Kier alpha value is -1.23. The fraction of sp³-hybridized carbons (Fsp3) is 0.417. The van der Waals surface area contributed by atoms with Crippen LogP contribution in [0.3, 0.4) is 0 Å². The van der Waals surface area contributed by atoms with E-state index >= 15 is 0 Å². The third-order valence-corrected chi connectivity index (χ3v) is 3.64. The van der Waals surface area contributed by atoms with Crippen molar-refractivity contribution in [2.45, 2.75) is 26.7 Å². The Morgan fingerprint density at radius 3 is 2.53 bits per heavy atom. The van der Waals surface area contributed by atoms with E-state index in [0.717, 1.165) is 27.8 Å². The second-order valence-corrected chi connectivity index (χ2v) is 4.71. The number of rotatable bonds is 5. The smallest absolute Gasteiger partial charge is 0.139 e. The van der Waals surface area contributed by atoms with Crippen LogP contribution in [0.4, 0.5) is 0 Å². The van der Waals surface area contributed by atoms with Crippen LogP contribution in [0, 0.1) is 13.8 Å². The Balaban J connectivity index is 2.48. The van der Waals surface area contributed by atoms with Crippen molar-refractivity contribution in [3.05, 3.63) is 27.7 Å². The highest BCUT2D eigenvalue weighted by Gasteiger charge is 2.03. The predicted molar refractivity (Wildman–Crippen MR) is 71.8 cm³/mol. The zero-order valence-corrected chi connectivity index (χ0v) is 11.6. The van der Waals surface area contributed by atoms with Crippen molar-refractivity contribution in [1.82, 2.24) is 0 Å². The number of hydrogen-bond donors (Lipinski definition) is 2. The molecular formula is C12H17BrN2O2. The summed E-state index contributed by atoms with van der Waals surface area (Å²) >= 11 is 3.51. The molecule has 0 radical (unpaired) electrons. The second-order valence-electron chi connectivity index (χ2n) is 3.91. The molecule has 0 saturated heterocycles. The fourth-order valence-corrected chi connectivity index (χ4v) is 1.71. The summed E-state index contributed by atoms with van der Waals surface area (Å²) in [5, 5.41) is 11.3. The Morgan fingerprint density at radius 2 is 2.00 bits per heavy atom. The fourth-order valence-electron chi connectivity index (χ4n) is 1.48. The molecule has 0 heterocycles. The van der Waals surface area contributed by atoms with Gasteiger partial charge in [-0.25, -0.2) is 0 Å². The van der Waals surface area contributed by atoms with E-state index in [9.17, 15) is 0 Å². The molecule has 94 valence electrons. The molecule has 0 aromatic heterocycles.